The zero-order valence-electron chi connectivity index (χ0n) is 21.0. The molecule has 36 heavy (non-hydrogen) atoms. The summed E-state index contributed by atoms with van der Waals surface area (Å²) in [6, 6.07) is 5.99. The molecule has 3 rings (SSSR count). The highest BCUT2D eigenvalue weighted by Gasteiger charge is 2.27. The second-order valence-electron chi connectivity index (χ2n) is 7.84. The summed E-state index contributed by atoms with van der Waals surface area (Å²) < 4.78 is 17.4. The van der Waals surface area contributed by atoms with Crippen LogP contribution < -0.4 is 10.1 Å². The lowest BCUT2D eigenvalue weighted by molar-refractivity contribution is -0.113. The molecule has 0 unspecified atom stereocenters. The number of aryl methyl sites for hydroxylation is 2. The minimum absolute atomic E-state index is 0.0151. The molecule has 10 nitrogen and oxygen atoms in total. The summed E-state index contributed by atoms with van der Waals surface area (Å²) in [5.41, 5.74) is 2.74. The van der Waals surface area contributed by atoms with E-state index in [1.807, 2.05) is 37.5 Å². The van der Waals surface area contributed by atoms with E-state index in [2.05, 4.69) is 21.6 Å². The number of aromatic nitrogens is 3. The van der Waals surface area contributed by atoms with Crippen molar-refractivity contribution >= 4 is 45.9 Å². The van der Waals surface area contributed by atoms with Crippen LogP contribution in [0.1, 0.15) is 49.5 Å². The molecular formula is C24H28N4O6S2. The Kier molecular flexibility index (Phi) is 9.10. The van der Waals surface area contributed by atoms with Crippen molar-refractivity contribution in [2.75, 3.05) is 25.3 Å². The van der Waals surface area contributed by atoms with Crippen molar-refractivity contribution in [3.05, 3.63) is 51.2 Å². The highest BCUT2D eigenvalue weighted by Crippen LogP contribution is 2.34. The minimum Gasteiger partial charge on any atom is -0.486 e. The van der Waals surface area contributed by atoms with Crippen LogP contribution in [0.3, 0.4) is 0 Å². The second-order valence-corrected chi connectivity index (χ2v) is 9.80. The smallest absolute Gasteiger partial charge is 0.348 e. The average Bonchev–Trinajstić information content (AvgIpc) is 3.39. The Balaban J connectivity index is 1.68. The van der Waals surface area contributed by atoms with Crippen LogP contribution in [0.5, 0.6) is 5.75 Å². The van der Waals surface area contributed by atoms with Gasteiger partial charge < -0.3 is 24.1 Å². The van der Waals surface area contributed by atoms with Gasteiger partial charge in [0.2, 0.25) is 5.91 Å². The Labute approximate surface area is 217 Å². The van der Waals surface area contributed by atoms with Gasteiger partial charge in [-0.3, -0.25) is 4.79 Å². The predicted octanol–water partition coefficient (Wildman–Crippen LogP) is 4.17. The van der Waals surface area contributed by atoms with Crippen LogP contribution in [-0.4, -0.2) is 52.6 Å². The SMILES string of the molecule is CCn1c(COc2cc(C)cc(C)c2)nnc1SCC(=O)Nc1sc(C(=O)OC)c(C)c1C(=O)OC. The van der Waals surface area contributed by atoms with E-state index >= 15 is 0 Å². The normalized spacial score (nSPS) is 10.7. The van der Waals surface area contributed by atoms with Crippen molar-refractivity contribution in [1.82, 2.24) is 14.8 Å². The summed E-state index contributed by atoms with van der Waals surface area (Å²) in [5, 5.41) is 11.9. The number of hydrogen-bond donors (Lipinski definition) is 1. The minimum atomic E-state index is -0.652. The van der Waals surface area contributed by atoms with Crippen LogP contribution in [-0.2, 0) is 27.4 Å². The van der Waals surface area contributed by atoms with Gasteiger partial charge in [-0.05, 0) is 56.5 Å². The molecule has 0 bridgehead atoms. The molecule has 1 amide bonds. The van der Waals surface area contributed by atoms with E-state index < -0.39 is 11.9 Å². The number of thiophene rings is 1. The molecular weight excluding hydrogens is 504 g/mol. The van der Waals surface area contributed by atoms with Crippen LogP contribution in [0.2, 0.25) is 0 Å². The Morgan fingerprint density at radius 3 is 2.31 bits per heavy atom. The molecule has 2 aromatic heterocycles. The van der Waals surface area contributed by atoms with E-state index in [9.17, 15) is 14.4 Å². The Hall–Kier alpha value is -3.38. The number of carbonyl (C=O) groups excluding carboxylic acids is 3. The number of rotatable bonds is 10. The fourth-order valence-corrected chi connectivity index (χ4v) is 5.49. The molecule has 12 heteroatoms. The number of benzene rings is 1. The largest absolute Gasteiger partial charge is 0.486 e. The highest BCUT2D eigenvalue weighted by atomic mass is 32.2. The summed E-state index contributed by atoms with van der Waals surface area (Å²) in [6.07, 6.45) is 0. The van der Waals surface area contributed by atoms with Gasteiger partial charge in [0.1, 0.15) is 22.2 Å². The Bertz CT molecular complexity index is 1260. The summed E-state index contributed by atoms with van der Waals surface area (Å²) in [4.78, 5) is 37.3. The van der Waals surface area contributed by atoms with Crippen molar-refractivity contribution in [3.8, 4) is 5.75 Å². The predicted molar refractivity (Wildman–Crippen MR) is 137 cm³/mol. The number of thioether (sulfide) groups is 1. The van der Waals surface area contributed by atoms with Gasteiger partial charge in [-0.25, -0.2) is 9.59 Å². The molecule has 0 aliphatic rings. The number of esters is 2. The summed E-state index contributed by atoms with van der Waals surface area (Å²) >= 11 is 2.17. The number of ether oxygens (including phenoxy) is 3. The summed E-state index contributed by atoms with van der Waals surface area (Å²) in [6.45, 7) is 8.42. The quantitative estimate of drug-likeness (QED) is 0.303. The zero-order valence-corrected chi connectivity index (χ0v) is 22.6. The lowest BCUT2D eigenvalue weighted by Gasteiger charge is -2.10. The molecule has 192 valence electrons. The van der Waals surface area contributed by atoms with Crippen LogP contribution in [0, 0.1) is 20.8 Å². The van der Waals surface area contributed by atoms with Crippen molar-refractivity contribution < 1.29 is 28.6 Å². The zero-order chi connectivity index (χ0) is 26.4. The standard InChI is InChI=1S/C24H28N4O6S2/c1-7-28-17(11-34-16-9-13(2)8-14(3)10-16)26-27-24(28)35-12-18(29)25-21-19(22(30)32-5)15(4)20(36-21)23(31)33-6/h8-10H,7,11-12H2,1-6H3,(H,25,29). The lowest BCUT2D eigenvalue weighted by atomic mass is 10.1. The third kappa shape index (κ3) is 6.24. The van der Waals surface area contributed by atoms with Gasteiger partial charge in [0.15, 0.2) is 11.0 Å². The van der Waals surface area contributed by atoms with Gasteiger partial charge in [-0.2, -0.15) is 0 Å². The van der Waals surface area contributed by atoms with E-state index in [1.165, 1.54) is 26.0 Å². The molecule has 0 aliphatic heterocycles. The van der Waals surface area contributed by atoms with E-state index in [-0.39, 0.29) is 33.7 Å². The van der Waals surface area contributed by atoms with Gasteiger partial charge >= 0.3 is 11.9 Å². The van der Waals surface area contributed by atoms with Gasteiger partial charge in [0.25, 0.3) is 0 Å². The van der Waals surface area contributed by atoms with Gasteiger partial charge in [-0.15, -0.1) is 21.5 Å². The number of nitrogens with zero attached hydrogens (tertiary/aromatic N) is 3. The maximum Gasteiger partial charge on any atom is 0.348 e. The number of carbonyl (C=O) groups is 3. The Morgan fingerprint density at radius 2 is 1.69 bits per heavy atom. The summed E-state index contributed by atoms with van der Waals surface area (Å²) in [7, 11) is 2.48. The first-order valence-corrected chi connectivity index (χ1v) is 12.8. The van der Waals surface area contributed by atoms with E-state index in [4.69, 9.17) is 14.2 Å². The fourth-order valence-electron chi connectivity index (χ4n) is 3.54. The Morgan fingerprint density at radius 1 is 1.03 bits per heavy atom. The molecule has 2 heterocycles. The average molecular weight is 533 g/mol. The molecule has 0 fully saturated rings. The molecule has 3 aromatic rings. The van der Waals surface area contributed by atoms with E-state index in [0.717, 1.165) is 28.2 Å². The second kappa shape index (κ2) is 12.0. The lowest BCUT2D eigenvalue weighted by Crippen LogP contribution is -2.16. The van der Waals surface area contributed by atoms with Crippen molar-refractivity contribution in [2.45, 2.75) is 46.0 Å². The molecule has 0 aliphatic carbocycles. The molecule has 0 atom stereocenters. The topological polar surface area (TPSA) is 122 Å². The van der Waals surface area contributed by atoms with E-state index in [0.29, 0.717) is 23.1 Å². The van der Waals surface area contributed by atoms with Gasteiger partial charge in [0, 0.05) is 6.54 Å². The molecule has 1 aromatic carbocycles. The first kappa shape index (κ1) is 27.2. The number of amides is 1. The van der Waals surface area contributed by atoms with Crippen LogP contribution in [0.4, 0.5) is 5.00 Å². The van der Waals surface area contributed by atoms with Crippen LogP contribution in [0.25, 0.3) is 0 Å². The third-order valence-corrected chi connectivity index (χ3v) is 7.32. The van der Waals surface area contributed by atoms with Crippen molar-refractivity contribution in [3.63, 3.8) is 0 Å². The number of methoxy groups -OCH3 is 2. The maximum atomic E-state index is 12.7. The molecule has 0 radical (unpaired) electrons. The van der Waals surface area contributed by atoms with E-state index in [1.54, 1.807) is 6.92 Å². The highest BCUT2D eigenvalue weighted by molar-refractivity contribution is 7.99. The van der Waals surface area contributed by atoms with Crippen molar-refractivity contribution in [1.29, 1.82) is 0 Å². The van der Waals surface area contributed by atoms with Crippen molar-refractivity contribution in [2.24, 2.45) is 0 Å². The third-order valence-electron chi connectivity index (χ3n) is 5.17. The molecule has 0 saturated heterocycles. The maximum absolute atomic E-state index is 12.7. The monoisotopic (exact) mass is 532 g/mol. The fraction of sp³-hybridized carbons (Fsp3) is 0.375. The molecule has 0 spiro atoms. The number of hydrogen-bond acceptors (Lipinski definition) is 10. The first-order chi connectivity index (χ1) is 17.2. The number of anilines is 1. The first-order valence-electron chi connectivity index (χ1n) is 11.0. The van der Waals surface area contributed by atoms with Crippen LogP contribution in [0.15, 0.2) is 23.4 Å². The van der Waals surface area contributed by atoms with Gasteiger partial charge in [0.05, 0.1) is 25.5 Å². The summed E-state index contributed by atoms with van der Waals surface area (Å²) in [5.74, 6) is -0.206. The number of nitrogens with one attached hydrogen (secondary N) is 1. The molecule has 1 N–H and O–H groups in total. The van der Waals surface area contributed by atoms with Gasteiger partial charge in [-0.1, -0.05) is 17.8 Å². The molecule has 0 saturated carbocycles. The van der Waals surface area contributed by atoms with Crippen LogP contribution >= 0.6 is 23.1 Å².